The Kier molecular flexibility index (Phi) is 6.69. The summed E-state index contributed by atoms with van der Waals surface area (Å²) in [5.41, 5.74) is 1.57. The molecule has 1 aliphatic carbocycles. The highest BCUT2D eigenvalue weighted by molar-refractivity contribution is 5.78. The van der Waals surface area contributed by atoms with E-state index in [2.05, 4.69) is 25.4 Å². The average molecular weight is 463 g/mol. The molecule has 0 bridgehead atoms. The second-order valence-electron chi connectivity index (χ2n) is 9.13. The SMILES string of the molecule is O=C(NCCn1cnc(C2CCCC2)cc1=O)C1CCN(c2ccc(-c3ccco3)nn2)CC1. The first-order valence-corrected chi connectivity index (χ1v) is 12.1. The van der Waals surface area contributed by atoms with E-state index in [9.17, 15) is 9.59 Å². The van der Waals surface area contributed by atoms with Crippen LogP contribution < -0.4 is 15.8 Å². The fourth-order valence-corrected chi connectivity index (χ4v) is 4.92. The molecule has 0 spiro atoms. The second-order valence-corrected chi connectivity index (χ2v) is 9.13. The fraction of sp³-hybridized carbons (Fsp3) is 0.480. The second kappa shape index (κ2) is 10.2. The summed E-state index contributed by atoms with van der Waals surface area (Å²) in [7, 11) is 0. The summed E-state index contributed by atoms with van der Waals surface area (Å²) in [4.78, 5) is 31.7. The number of aromatic nitrogens is 4. The Hall–Kier alpha value is -3.49. The monoisotopic (exact) mass is 462 g/mol. The zero-order valence-electron chi connectivity index (χ0n) is 19.2. The molecule has 9 nitrogen and oxygen atoms in total. The van der Waals surface area contributed by atoms with Crippen LogP contribution in [0.1, 0.15) is 50.1 Å². The molecule has 2 fully saturated rings. The maximum atomic E-state index is 12.6. The Morgan fingerprint density at radius 3 is 2.59 bits per heavy atom. The van der Waals surface area contributed by atoms with Crippen molar-refractivity contribution in [3.63, 3.8) is 0 Å². The molecule has 3 aromatic heterocycles. The number of carbonyl (C=O) groups is 1. The Balaban J connectivity index is 1.07. The van der Waals surface area contributed by atoms with Crippen molar-refractivity contribution in [2.24, 2.45) is 5.92 Å². The van der Waals surface area contributed by atoms with Gasteiger partial charge in [0.15, 0.2) is 11.6 Å². The molecule has 0 radical (unpaired) electrons. The number of hydrogen-bond donors (Lipinski definition) is 1. The van der Waals surface area contributed by atoms with Crippen molar-refractivity contribution in [1.29, 1.82) is 0 Å². The number of rotatable bonds is 7. The van der Waals surface area contributed by atoms with Gasteiger partial charge in [0, 0.05) is 44.1 Å². The number of nitrogens with one attached hydrogen (secondary N) is 1. The summed E-state index contributed by atoms with van der Waals surface area (Å²) in [6.07, 6.45) is 9.41. The number of nitrogens with zero attached hydrogens (tertiary/aromatic N) is 5. The third-order valence-corrected chi connectivity index (χ3v) is 6.94. The Morgan fingerprint density at radius 1 is 1.09 bits per heavy atom. The maximum absolute atomic E-state index is 12.6. The fourth-order valence-electron chi connectivity index (χ4n) is 4.92. The van der Waals surface area contributed by atoms with Gasteiger partial charge in [0.05, 0.1) is 18.3 Å². The van der Waals surface area contributed by atoms with Crippen molar-refractivity contribution in [3.8, 4) is 11.5 Å². The van der Waals surface area contributed by atoms with Crippen LogP contribution in [0.5, 0.6) is 0 Å². The van der Waals surface area contributed by atoms with Crippen LogP contribution in [0.3, 0.4) is 0 Å². The normalized spacial score (nSPS) is 17.2. The van der Waals surface area contributed by atoms with Crippen molar-refractivity contribution in [3.05, 3.63) is 59.0 Å². The number of hydrogen-bond acceptors (Lipinski definition) is 7. The van der Waals surface area contributed by atoms with Gasteiger partial charge in [0.1, 0.15) is 5.69 Å². The minimum Gasteiger partial charge on any atom is -0.463 e. The summed E-state index contributed by atoms with van der Waals surface area (Å²) < 4.78 is 6.93. The van der Waals surface area contributed by atoms with Crippen LogP contribution in [-0.2, 0) is 11.3 Å². The Labute approximate surface area is 198 Å². The van der Waals surface area contributed by atoms with Gasteiger partial charge in [-0.3, -0.25) is 14.2 Å². The predicted octanol–water partition coefficient (Wildman–Crippen LogP) is 2.98. The minimum absolute atomic E-state index is 0.0359. The molecule has 178 valence electrons. The molecule has 1 amide bonds. The molecule has 1 saturated heterocycles. The van der Waals surface area contributed by atoms with E-state index < -0.39 is 0 Å². The standard InChI is InChI=1S/C25H30N6O3/c32-24-16-21(18-4-1-2-5-18)27-17-31(24)14-11-26-25(33)19-9-12-30(13-10-19)23-8-7-20(28-29-23)22-6-3-15-34-22/h3,6-8,15-19H,1-2,4-5,9-14H2,(H,26,33). The van der Waals surface area contributed by atoms with Crippen molar-refractivity contribution < 1.29 is 9.21 Å². The van der Waals surface area contributed by atoms with E-state index in [1.807, 2.05) is 24.3 Å². The highest BCUT2D eigenvalue weighted by Gasteiger charge is 2.26. The first kappa shape index (κ1) is 22.3. The molecule has 4 heterocycles. The zero-order chi connectivity index (χ0) is 23.3. The highest BCUT2D eigenvalue weighted by atomic mass is 16.3. The Bertz CT molecular complexity index is 1140. The lowest BCUT2D eigenvalue weighted by atomic mass is 9.96. The molecule has 1 N–H and O–H groups in total. The third kappa shape index (κ3) is 5.03. The molecule has 2 aliphatic rings. The number of anilines is 1. The van der Waals surface area contributed by atoms with E-state index in [1.54, 1.807) is 23.2 Å². The molecular weight excluding hydrogens is 432 g/mol. The predicted molar refractivity (Wildman–Crippen MR) is 127 cm³/mol. The van der Waals surface area contributed by atoms with Gasteiger partial charge in [0.2, 0.25) is 5.91 Å². The summed E-state index contributed by atoms with van der Waals surface area (Å²) in [5, 5.41) is 11.6. The molecule has 5 rings (SSSR count). The summed E-state index contributed by atoms with van der Waals surface area (Å²) in [5.74, 6) is 1.93. The van der Waals surface area contributed by atoms with E-state index in [0.29, 0.717) is 30.5 Å². The van der Waals surface area contributed by atoms with Crippen LogP contribution in [0.4, 0.5) is 5.82 Å². The van der Waals surface area contributed by atoms with Gasteiger partial charge in [0.25, 0.3) is 5.56 Å². The van der Waals surface area contributed by atoms with Gasteiger partial charge in [-0.25, -0.2) is 4.98 Å². The molecule has 0 unspecified atom stereocenters. The molecule has 9 heteroatoms. The minimum atomic E-state index is -0.0429. The van der Waals surface area contributed by atoms with Crippen molar-refractivity contribution in [2.45, 2.75) is 51.0 Å². The molecule has 0 atom stereocenters. The van der Waals surface area contributed by atoms with E-state index in [0.717, 1.165) is 50.3 Å². The largest absolute Gasteiger partial charge is 0.463 e. The molecule has 3 aromatic rings. The quantitative estimate of drug-likeness (QED) is 0.575. The van der Waals surface area contributed by atoms with E-state index in [4.69, 9.17) is 4.42 Å². The summed E-state index contributed by atoms with van der Waals surface area (Å²) in [6, 6.07) is 9.18. The van der Waals surface area contributed by atoms with Crippen LogP contribution in [0.25, 0.3) is 11.5 Å². The third-order valence-electron chi connectivity index (χ3n) is 6.94. The lowest BCUT2D eigenvalue weighted by molar-refractivity contribution is -0.125. The summed E-state index contributed by atoms with van der Waals surface area (Å²) in [6.45, 7) is 2.35. The van der Waals surface area contributed by atoms with Crippen LogP contribution >= 0.6 is 0 Å². The van der Waals surface area contributed by atoms with E-state index in [-0.39, 0.29) is 17.4 Å². The van der Waals surface area contributed by atoms with Gasteiger partial charge < -0.3 is 14.6 Å². The number of amides is 1. The van der Waals surface area contributed by atoms with Gasteiger partial charge in [-0.1, -0.05) is 12.8 Å². The van der Waals surface area contributed by atoms with Crippen molar-refractivity contribution >= 4 is 11.7 Å². The first-order chi connectivity index (χ1) is 16.7. The van der Waals surface area contributed by atoms with Crippen LogP contribution in [0.15, 0.2) is 52.1 Å². The number of piperidine rings is 1. The summed E-state index contributed by atoms with van der Waals surface area (Å²) >= 11 is 0. The van der Waals surface area contributed by atoms with Crippen LogP contribution in [0, 0.1) is 5.92 Å². The van der Waals surface area contributed by atoms with E-state index >= 15 is 0 Å². The molecule has 1 aliphatic heterocycles. The lowest BCUT2D eigenvalue weighted by Crippen LogP contribution is -2.42. The van der Waals surface area contributed by atoms with Crippen LogP contribution in [0.2, 0.25) is 0 Å². The maximum Gasteiger partial charge on any atom is 0.253 e. The lowest BCUT2D eigenvalue weighted by Gasteiger charge is -2.31. The molecule has 1 saturated carbocycles. The van der Waals surface area contributed by atoms with Gasteiger partial charge >= 0.3 is 0 Å². The first-order valence-electron chi connectivity index (χ1n) is 12.1. The molecule has 0 aromatic carbocycles. The smallest absolute Gasteiger partial charge is 0.253 e. The van der Waals surface area contributed by atoms with E-state index in [1.165, 1.54) is 12.8 Å². The van der Waals surface area contributed by atoms with Gasteiger partial charge in [-0.15, -0.1) is 10.2 Å². The average Bonchev–Trinajstić information content (AvgIpc) is 3.60. The Morgan fingerprint density at radius 2 is 1.91 bits per heavy atom. The molecular formula is C25H30N6O3. The topological polar surface area (TPSA) is 106 Å². The van der Waals surface area contributed by atoms with Gasteiger partial charge in [-0.05, 0) is 49.9 Å². The van der Waals surface area contributed by atoms with Crippen molar-refractivity contribution in [2.75, 3.05) is 24.5 Å². The number of carbonyl (C=O) groups excluding carboxylic acids is 1. The van der Waals surface area contributed by atoms with Gasteiger partial charge in [-0.2, -0.15) is 0 Å². The van der Waals surface area contributed by atoms with Crippen molar-refractivity contribution in [1.82, 2.24) is 25.1 Å². The van der Waals surface area contributed by atoms with Crippen LogP contribution in [-0.4, -0.2) is 45.3 Å². The highest BCUT2D eigenvalue weighted by Crippen LogP contribution is 2.32. The number of furan rings is 1. The molecule has 34 heavy (non-hydrogen) atoms. The zero-order valence-corrected chi connectivity index (χ0v) is 19.2.